The number of carbonyl (C=O) groups excluding carboxylic acids is 1. The van der Waals surface area contributed by atoms with Crippen LogP contribution >= 0.6 is 11.3 Å². The molecule has 0 spiro atoms. The molecule has 4 rings (SSSR count). The standard InChI is InChI=1S/C18H22N6OS/c1-22-17-15(12-21-22)18(20-13-19-17)24-9-7-23(8-10-24)16(25)6-2-4-14-5-3-11-26-14/h3,5,11-13H,2,4,6-10H2,1H3. The highest BCUT2D eigenvalue weighted by Gasteiger charge is 2.23. The van der Waals surface area contributed by atoms with Crippen LogP contribution in [0.15, 0.2) is 30.0 Å². The molecular weight excluding hydrogens is 348 g/mol. The van der Waals surface area contributed by atoms with Crippen LogP contribution in [0.2, 0.25) is 0 Å². The Kier molecular flexibility index (Phi) is 4.83. The number of nitrogens with zero attached hydrogens (tertiary/aromatic N) is 6. The van der Waals surface area contributed by atoms with Crippen LogP contribution in [-0.4, -0.2) is 56.7 Å². The Morgan fingerprint density at radius 3 is 2.85 bits per heavy atom. The summed E-state index contributed by atoms with van der Waals surface area (Å²) in [5.74, 6) is 1.17. The van der Waals surface area contributed by atoms with E-state index in [0.717, 1.165) is 55.9 Å². The van der Waals surface area contributed by atoms with Gasteiger partial charge in [0.05, 0.1) is 11.6 Å². The topological polar surface area (TPSA) is 67.2 Å². The largest absolute Gasteiger partial charge is 0.352 e. The Bertz CT molecular complexity index is 882. The van der Waals surface area contributed by atoms with Crippen molar-refractivity contribution in [3.8, 4) is 0 Å². The average molecular weight is 370 g/mol. The van der Waals surface area contributed by atoms with Crippen LogP contribution in [0, 0.1) is 0 Å². The molecule has 8 heteroatoms. The molecule has 0 unspecified atom stereocenters. The fourth-order valence-corrected chi connectivity index (χ4v) is 4.15. The molecule has 3 aromatic rings. The number of amides is 1. The Labute approximate surface area is 156 Å². The van der Waals surface area contributed by atoms with Crippen molar-refractivity contribution in [1.29, 1.82) is 0 Å². The molecule has 0 N–H and O–H groups in total. The zero-order valence-electron chi connectivity index (χ0n) is 14.8. The molecule has 1 aliphatic rings. The molecule has 1 amide bonds. The lowest BCUT2D eigenvalue weighted by molar-refractivity contribution is -0.131. The number of fused-ring (bicyclic) bond motifs is 1. The van der Waals surface area contributed by atoms with Crippen molar-refractivity contribution >= 4 is 34.1 Å². The molecule has 0 radical (unpaired) electrons. The predicted octanol–water partition coefficient (Wildman–Crippen LogP) is 2.10. The van der Waals surface area contributed by atoms with E-state index in [1.54, 1.807) is 22.3 Å². The lowest BCUT2D eigenvalue weighted by Crippen LogP contribution is -2.49. The second-order valence-corrected chi connectivity index (χ2v) is 7.54. The number of anilines is 1. The molecule has 0 bridgehead atoms. The van der Waals surface area contributed by atoms with E-state index in [2.05, 4.69) is 37.5 Å². The van der Waals surface area contributed by atoms with Gasteiger partial charge in [-0.15, -0.1) is 11.3 Å². The van der Waals surface area contributed by atoms with E-state index >= 15 is 0 Å². The Hall–Kier alpha value is -2.48. The molecular formula is C18H22N6OS. The van der Waals surface area contributed by atoms with Crippen molar-refractivity contribution in [2.45, 2.75) is 19.3 Å². The van der Waals surface area contributed by atoms with Crippen molar-refractivity contribution in [1.82, 2.24) is 24.6 Å². The third-order valence-corrected chi connectivity index (χ3v) is 5.77. The van der Waals surface area contributed by atoms with Crippen LogP contribution in [0.25, 0.3) is 11.0 Å². The minimum atomic E-state index is 0.260. The summed E-state index contributed by atoms with van der Waals surface area (Å²) in [6, 6.07) is 4.20. The van der Waals surface area contributed by atoms with Crippen molar-refractivity contribution in [3.05, 3.63) is 34.9 Å². The lowest BCUT2D eigenvalue weighted by Gasteiger charge is -2.35. The molecule has 0 atom stereocenters. The van der Waals surface area contributed by atoms with E-state index in [1.807, 2.05) is 18.1 Å². The maximum atomic E-state index is 12.5. The zero-order valence-corrected chi connectivity index (χ0v) is 15.7. The minimum Gasteiger partial charge on any atom is -0.352 e. The fraction of sp³-hybridized carbons (Fsp3) is 0.444. The lowest BCUT2D eigenvalue weighted by atomic mass is 10.2. The summed E-state index contributed by atoms with van der Waals surface area (Å²) < 4.78 is 1.76. The van der Waals surface area contributed by atoms with Gasteiger partial charge in [-0.2, -0.15) is 5.10 Å². The van der Waals surface area contributed by atoms with Crippen molar-refractivity contribution in [2.75, 3.05) is 31.1 Å². The van der Waals surface area contributed by atoms with Crippen molar-refractivity contribution in [2.24, 2.45) is 7.05 Å². The number of piperazine rings is 1. The summed E-state index contributed by atoms with van der Waals surface area (Å²) in [4.78, 5) is 26.8. The monoisotopic (exact) mass is 370 g/mol. The first-order chi connectivity index (χ1) is 12.7. The molecule has 1 saturated heterocycles. The van der Waals surface area contributed by atoms with Gasteiger partial charge >= 0.3 is 0 Å². The summed E-state index contributed by atoms with van der Waals surface area (Å²) in [7, 11) is 1.88. The SMILES string of the molecule is Cn1ncc2c(N3CCN(C(=O)CCCc4cccs4)CC3)ncnc21. The second kappa shape index (κ2) is 7.41. The van der Waals surface area contributed by atoms with Gasteiger partial charge in [0.25, 0.3) is 0 Å². The van der Waals surface area contributed by atoms with E-state index in [4.69, 9.17) is 0 Å². The van der Waals surface area contributed by atoms with Gasteiger partial charge in [0, 0.05) is 44.5 Å². The second-order valence-electron chi connectivity index (χ2n) is 6.50. The first-order valence-electron chi connectivity index (χ1n) is 8.90. The van der Waals surface area contributed by atoms with Gasteiger partial charge in [0.15, 0.2) is 5.65 Å². The molecule has 1 aliphatic heterocycles. The normalized spacial score (nSPS) is 15.0. The van der Waals surface area contributed by atoms with E-state index in [9.17, 15) is 4.79 Å². The van der Waals surface area contributed by atoms with Crippen molar-refractivity contribution in [3.63, 3.8) is 0 Å². The number of rotatable bonds is 5. The number of aryl methyl sites for hydroxylation is 2. The zero-order chi connectivity index (χ0) is 17.9. The molecule has 1 fully saturated rings. The Morgan fingerprint density at radius 1 is 1.23 bits per heavy atom. The minimum absolute atomic E-state index is 0.260. The molecule has 3 aromatic heterocycles. The van der Waals surface area contributed by atoms with E-state index in [0.29, 0.717) is 6.42 Å². The average Bonchev–Trinajstić information content (AvgIpc) is 3.32. The number of carbonyl (C=O) groups is 1. The molecule has 7 nitrogen and oxygen atoms in total. The van der Waals surface area contributed by atoms with Crippen LogP contribution < -0.4 is 4.90 Å². The smallest absolute Gasteiger partial charge is 0.222 e. The van der Waals surface area contributed by atoms with Crippen LogP contribution in [0.3, 0.4) is 0 Å². The maximum Gasteiger partial charge on any atom is 0.222 e. The molecule has 26 heavy (non-hydrogen) atoms. The molecule has 136 valence electrons. The summed E-state index contributed by atoms with van der Waals surface area (Å²) in [5, 5.41) is 7.32. The third-order valence-electron chi connectivity index (χ3n) is 4.83. The number of aromatic nitrogens is 4. The number of hydrogen-bond donors (Lipinski definition) is 0. The predicted molar refractivity (Wildman–Crippen MR) is 102 cm³/mol. The van der Waals surface area contributed by atoms with Gasteiger partial charge in [-0.05, 0) is 24.3 Å². The van der Waals surface area contributed by atoms with Gasteiger partial charge < -0.3 is 9.80 Å². The maximum absolute atomic E-state index is 12.5. The number of thiophene rings is 1. The third kappa shape index (κ3) is 3.41. The van der Waals surface area contributed by atoms with Gasteiger partial charge in [-0.25, -0.2) is 9.97 Å². The van der Waals surface area contributed by atoms with Crippen LogP contribution in [0.5, 0.6) is 0 Å². The molecule has 4 heterocycles. The molecule has 0 saturated carbocycles. The van der Waals surface area contributed by atoms with Crippen LogP contribution in [0.4, 0.5) is 5.82 Å². The quantitative estimate of drug-likeness (QED) is 0.688. The highest BCUT2D eigenvalue weighted by molar-refractivity contribution is 7.09. The van der Waals surface area contributed by atoms with Gasteiger partial charge in [0.1, 0.15) is 12.1 Å². The van der Waals surface area contributed by atoms with E-state index in [-0.39, 0.29) is 5.91 Å². The van der Waals surface area contributed by atoms with Gasteiger partial charge in [-0.1, -0.05) is 6.07 Å². The van der Waals surface area contributed by atoms with E-state index in [1.165, 1.54) is 4.88 Å². The highest BCUT2D eigenvalue weighted by Crippen LogP contribution is 2.23. The van der Waals surface area contributed by atoms with Crippen LogP contribution in [-0.2, 0) is 18.3 Å². The number of hydrogen-bond acceptors (Lipinski definition) is 6. The van der Waals surface area contributed by atoms with E-state index < -0.39 is 0 Å². The first kappa shape index (κ1) is 17.0. The molecule has 0 aromatic carbocycles. The first-order valence-corrected chi connectivity index (χ1v) is 9.78. The summed E-state index contributed by atoms with van der Waals surface area (Å²) in [6.07, 6.45) is 5.93. The fourth-order valence-electron chi connectivity index (χ4n) is 3.40. The van der Waals surface area contributed by atoms with Crippen LogP contribution in [0.1, 0.15) is 17.7 Å². The van der Waals surface area contributed by atoms with Crippen molar-refractivity contribution < 1.29 is 4.79 Å². The highest BCUT2D eigenvalue weighted by atomic mass is 32.1. The summed E-state index contributed by atoms with van der Waals surface area (Å²) in [5.41, 5.74) is 0.835. The van der Waals surface area contributed by atoms with Gasteiger partial charge in [-0.3, -0.25) is 9.48 Å². The Balaban J connectivity index is 1.32. The summed E-state index contributed by atoms with van der Waals surface area (Å²) in [6.45, 7) is 3.06. The Morgan fingerprint density at radius 2 is 2.08 bits per heavy atom. The molecule has 0 aliphatic carbocycles. The van der Waals surface area contributed by atoms with Gasteiger partial charge in [0.2, 0.25) is 5.91 Å². The summed E-state index contributed by atoms with van der Waals surface area (Å²) >= 11 is 1.76.